The number of nitrogens with two attached hydrogens (primary N) is 1. The van der Waals surface area contributed by atoms with Gasteiger partial charge < -0.3 is 10.3 Å². The maximum atomic E-state index is 6.04. The second-order valence-corrected chi connectivity index (χ2v) is 4.52. The molecule has 0 bridgehead atoms. The van der Waals surface area contributed by atoms with E-state index in [9.17, 15) is 0 Å². The van der Waals surface area contributed by atoms with Crippen LogP contribution in [0.2, 0.25) is 5.02 Å². The first-order valence-corrected chi connectivity index (χ1v) is 6.08. The van der Waals surface area contributed by atoms with Crippen LogP contribution >= 0.6 is 11.6 Å². The first-order chi connectivity index (χ1) is 8.20. The van der Waals surface area contributed by atoms with Crippen molar-refractivity contribution in [3.63, 3.8) is 0 Å². The van der Waals surface area contributed by atoms with Gasteiger partial charge in [-0.1, -0.05) is 30.7 Å². The first kappa shape index (κ1) is 12.1. The molecule has 2 rings (SSSR count). The molecule has 2 N–H and O–H groups in total. The Hall–Kier alpha value is -1.32. The Balaban J connectivity index is 2.18. The highest BCUT2D eigenvalue weighted by molar-refractivity contribution is 6.30. The van der Waals surface area contributed by atoms with Gasteiger partial charge in [0.1, 0.15) is 0 Å². The van der Waals surface area contributed by atoms with Gasteiger partial charge in [-0.25, -0.2) is 4.98 Å². The Bertz CT molecular complexity index is 476. The average molecular weight is 250 g/mol. The molecule has 0 aliphatic heterocycles. The Morgan fingerprint density at radius 3 is 2.71 bits per heavy atom. The van der Waals surface area contributed by atoms with Crippen molar-refractivity contribution in [1.29, 1.82) is 0 Å². The van der Waals surface area contributed by atoms with E-state index in [4.69, 9.17) is 17.3 Å². The Morgan fingerprint density at radius 1 is 1.35 bits per heavy atom. The van der Waals surface area contributed by atoms with Crippen molar-refractivity contribution >= 4 is 11.6 Å². The molecule has 0 unspecified atom stereocenters. The third-order valence-corrected chi connectivity index (χ3v) is 3.08. The van der Waals surface area contributed by atoms with Crippen LogP contribution in [-0.4, -0.2) is 9.55 Å². The van der Waals surface area contributed by atoms with Crippen LogP contribution in [0.4, 0.5) is 0 Å². The summed E-state index contributed by atoms with van der Waals surface area (Å²) in [4.78, 5) is 4.16. The molecule has 0 radical (unpaired) electrons. The van der Waals surface area contributed by atoms with Crippen molar-refractivity contribution < 1.29 is 0 Å². The number of nitrogens with zero attached hydrogens (tertiary/aromatic N) is 2. The van der Waals surface area contributed by atoms with E-state index in [1.165, 1.54) is 5.56 Å². The van der Waals surface area contributed by atoms with Crippen LogP contribution in [0, 0.1) is 0 Å². The molecule has 0 saturated carbocycles. The summed E-state index contributed by atoms with van der Waals surface area (Å²) in [5.41, 5.74) is 8.30. The summed E-state index contributed by atoms with van der Waals surface area (Å²) in [5, 5.41) is 0.755. The molecular formula is C13H16ClN3. The fraction of sp³-hybridized carbons (Fsp3) is 0.308. The lowest BCUT2D eigenvalue weighted by Gasteiger charge is -2.12. The van der Waals surface area contributed by atoms with Gasteiger partial charge in [-0.2, -0.15) is 0 Å². The summed E-state index contributed by atoms with van der Waals surface area (Å²) in [6.45, 7) is 2.85. The molecule has 1 atom stereocenters. The maximum absolute atomic E-state index is 6.04. The van der Waals surface area contributed by atoms with E-state index in [0.717, 1.165) is 23.7 Å². The molecule has 0 aliphatic rings. The number of aromatic nitrogens is 2. The third kappa shape index (κ3) is 2.87. The Morgan fingerprint density at radius 2 is 2.06 bits per heavy atom. The molecule has 17 heavy (non-hydrogen) atoms. The number of imidazole rings is 1. The molecule has 4 heteroatoms. The molecule has 2 aromatic rings. The van der Waals surface area contributed by atoms with Crippen LogP contribution < -0.4 is 5.73 Å². The van der Waals surface area contributed by atoms with E-state index in [2.05, 4.69) is 16.5 Å². The normalized spacial score (nSPS) is 12.6. The van der Waals surface area contributed by atoms with Crippen molar-refractivity contribution in [3.05, 3.63) is 53.1 Å². The van der Waals surface area contributed by atoms with Gasteiger partial charge in [0.15, 0.2) is 0 Å². The molecule has 0 spiro atoms. The van der Waals surface area contributed by atoms with Gasteiger partial charge in [0, 0.05) is 23.8 Å². The average Bonchev–Trinajstić information content (AvgIpc) is 2.79. The van der Waals surface area contributed by atoms with Gasteiger partial charge in [-0.3, -0.25) is 0 Å². The van der Waals surface area contributed by atoms with Crippen molar-refractivity contribution in [2.45, 2.75) is 25.9 Å². The number of rotatable bonds is 4. The van der Waals surface area contributed by atoms with Crippen LogP contribution in [0.1, 0.15) is 30.6 Å². The predicted molar refractivity (Wildman–Crippen MR) is 70.0 cm³/mol. The molecule has 0 saturated heterocycles. The Labute approximate surface area is 106 Å². The van der Waals surface area contributed by atoms with E-state index in [1.54, 1.807) is 0 Å². The molecule has 0 fully saturated rings. The molecule has 0 aliphatic carbocycles. The predicted octanol–water partition coefficient (Wildman–Crippen LogP) is 2.99. The van der Waals surface area contributed by atoms with E-state index in [0.29, 0.717) is 0 Å². The third-order valence-electron chi connectivity index (χ3n) is 2.83. The maximum Gasteiger partial charge on any atom is 0.0951 e. The first-order valence-electron chi connectivity index (χ1n) is 5.70. The van der Waals surface area contributed by atoms with Crippen LogP contribution in [0.15, 0.2) is 36.8 Å². The van der Waals surface area contributed by atoms with Gasteiger partial charge in [-0.15, -0.1) is 0 Å². The summed E-state index contributed by atoms with van der Waals surface area (Å²) in [6.07, 6.45) is 4.57. The van der Waals surface area contributed by atoms with E-state index < -0.39 is 0 Å². The van der Waals surface area contributed by atoms with Gasteiger partial charge in [-0.05, 0) is 24.1 Å². The molecule has 3 nitrogen and oxygen atoms in total. The zero-order valence-corrected chi connectivity index (χ0v) is 10.6. The lowest BCUT2D eigenvalue weighted by atomic mass is 10.1. The standard InChI is InChI=1S/C13H16ClN3/c1-2-12(15)13-7-16-9-17(13)8-10-3-5-11(14)6-4-10/h3-7,9,12H,2,8,15H2,1H3/t12-/m1/s1. The lowest BCUT2D eigenvalue weighted by molar-refractivity contribution is 0.618. The van der Waals surface area contributed by atoms with Crippen LogP contribution in [0.3, 0.4) is 0 Å². The van der Waals surface area contributed by atoms with E-state index >= 15 is 0 Å². The van der Waals surface area contributed by atoms with Crippen molar-refractivity contribution in [2.24, 2.45) is 5.73 Å². The van der Waals surface area contributed by atoms with E-state index in [-0.39, 0.29) is 6.04 Å². The van der Waals surface area contributed by atoms with Gasteiger partial charge in [0.2, 0.25) is 0 Å². The smallest absolute Gasteiger partial charge is 0.0951 e. The molecule has 1 aromatic heterocycles. The zero-order chi connectivity index (χ0) is 12.3. The molecule has 1 aromatic carbocycles. The summed E-state index contributed by atoms with van der Waals surface area (Å²) in [5.74, 6) is 0. The minimum Gasteiger partial charge on any atom is -0.329 e. The number of benzene rings is 1. The fourth-order valence-electron chi connectivity index (χ4n) is 1.77. The summed E-state index contributed by atoms with van der Waals surface area (Å²) in [6, 6.07) is 7.87. The minimum atomic E-state index is 0.0461. The second-order valence-electron chi connectivity index (χ2n) is 4.09. The minimum absolute atomic E-state index is 0.0461. The van der Waals surface area contributed by atoms with Gasteiger partial charge in [0.25, 0.3) is 0 Å². The van der Waals surface area contributed by atoms with Crippen molar-refractivity contribution in [3.8, 4) is 0 Å². The second kappa shape index (κ2) is 5.34. The van der Waals surface area contributed by atoms with Crippen molar-refractivity contribution in [1.82, 2.24) is 9.55 Å². The highest BCUT2D eigenvalue weighted by atomic mass is 35.5. The van der Waals surface area contributed by atoms with E-state index in [1.807, 2.05) is 36.8 Å². The summed E-state index contributed by atoms with van der Waals surface area (Å²) < 4.78 is 2.08. The topological polar surface area (TPSA) is 43.8 Å². The quantitative estimate of drug-likeness (QED) is 0.905. The van der Waals surface area contributed by atoms with Crippen molar-refractivity contribution in [2.75, 3.05) is 0 Å². The zero-order valence-electron chi connectivity index (χ0n) is 9.81. The highest BCUT2D eigenvalue weighted by Gasteiger charge is 2.09. The molecule has 0 amide bonds. The summed E-state index contributed by atoms with van der Waals surface area (Å²) in [7, 11) is 0. The number of halogens is 1. The SMILES string of the molecule is CC[C@@H](N)c1cncn1Cc1ccc(Cl)cc1. The molecule has 1 heterocycles. The van der Waals surface area contributed by atoms with Gasteiger partial charge >= 0.3 is 0 Å². The fourth-order valence-corrected chi connectivity index (χ4v) is 1.89. The lowest BCUT2D eigenvalue weighted by Crippen LogP contribution is -2.14. The van der Waals surface area contributed by atoms with Crippen LogP contribution in [0.25, 0.3) is 0 Å². The molecular weight excluding hydrogens is 234 g/mol. The summed E-state index contributed by atoms with van der Waals surface area (Å²) >= 11 is 5.86. The van der Waals surface area contributed by atoms with Crippen LogP contribution in [0.5, 0.6) is 0 Å². The number of hydrogen-bond donors (Lipinski definition) is 1. The van der Waals surface area contributed by atoms with Gasteiger partial charge in [0.05, 0.1) is 12.0 Å². The monoisotopic (exact) mass is 249 g/mol. The van der Waals surface area contributed by atoms with Crippen LogP contribution in [-0.2, 0) is 6.54 Å². The Kier molecular flexibility index (Phi) is 3.82. The molecule has 90 valence electrons. The highest BCUT2D eigenvalue weighted by Crippen LogP contribution is 2.16. The largest absolute Gasteiger partial charge is 0.329 e. The number of hydrogen-bond acceptors (Lipinski definition) is 2.